The molecule has 0 aliphatic heterocycles. The van der Waals surface area contributed by atoms with E-state index < -0.39 is 5.97 Å². The lowest BCUT2D eigenvalue weighted by atomic mass is 10.0. The van der Waals surface area contributed by atoms with Crippen molar-refractivity contribution in [1.29, 1.82) is 0 Å². The number of H-pyrrole nitrogens is 1. The Morgan fingerprint density at radius 3 is 2.39 bits per heavy atom. The third-order valence-corrected chi connectivity index (χ3v) is 5.29. The summed E-state index contributed by atoms with van der Waals surface area (Å²) in [6.07, 6.45) is -0.110. The zero-order valence-electron chi connectivity index (χ0n) is 18.8. The quantitative estimate of drug-likeness (QED) is 0.321. The maximum absolute atomic E-state index is 11.7. The first-order chi connectivity index (χ1) is 16.1. The Labute approximate surface area is 192 Å². The molecule has 0 spiro atoms. The van der Waals surface area contributed by atoms with Crippen molar-refractivity contribution >= 4 is 16.9 Å². The van der Waals surface area contributed by atoms with Crippen LogP contribution in [0.3, 0.4) is 0 Å². The Morgan fingerprint density at radius 2 is 1.67 bits per heavy atom. The van der Waals surface area contributed by atoms with Crippen LogP contribution in [0, 0.1) is 0 Å². The van der Waals surface area contributed by atoms with Gasteiger partial charge in [-0.2, -0.15) is 0 Å². The van der Waals surface area contributed by atoms with E-state index in [1.807, 2.05) is 80.6 Å². The summed E-state index contributed by atoms with van der Waals surface area (Å²) in [6, 6.07) is 21.3. The minimum atomic E-state index is -0.896. The second kappa shape index (κ2) is 10.1. The van der Waals surface area contributed by atoms with Gasteiger partial charge in [-0.1, -0.05) is 30.3 Å². The highest BCUT2D eigenvalue weighted by Gasteiger charge is 2.18. The molecule has 0 saturated carbocycles. The van der Waals surface area contributed by atoms with Gasteiger partial charge in [0.2, 0.25) is 0 Å². The summed E-state index contributed by atoms with van der Waals surface area (Å²) in [5.41, 5.74) is 4.20. The van der Waals surface area contributed by atoms with Crippen LogP contribution in [0.2, 0.25) is 0 Å². The first-order valence-electron chi connectivity index (χ1n) is 11.0. The van der Waals surface area contributed by atoms with Crippen molar-refractivity contribution < 1.29 is 24.1 Å². The largest absolute Gasteiger partial charge is 0.494 e. The number of hydrogen-bond donors (Lipinski definition) is 2. The highest BCUT2D eigenvalue weighted by molar-refractivity contribution is 5.95. The van der Waals surface area contributed by atoms with Gasteiger partial charge in [0.15, 0.2) is 11.5 Å². The van der Waals surface area contributed by atoms with Crippen LogP contribution in [-0.2, 0) is 17.8 Å². The molecule has 0 aliphatic carbocycles. The van der Waals surface area contributed by atoms with Gasteiger partial charge in [0, 0.05) is 16.5 Å². The molecule has 0 radical (unpaired) electrons. The molecule has 6 nitrogen and oxygen atoms in total. The van der Waals surface area contributed by atoms with E-state index in [2.05, 4.69) is 4.98 Å². The Bertz CT molecular complexity index is 1250. The van der Waals surface area contributed by atoms with Gasteiger partial charge < -0.3 is 24.3 Å². The fourth-order valence-corrected chi connectivity index (χ4v) is 3.85. The van der Waals surface area contributed by atoms with Crippen LogP contribution in [0.25, 0.3) is 22.2 Å². The number of hydrogen-bond acceptors (Lipinski definition) is 4. The van der Waals surface area contributed by atoms with Gasteiger partial charge in [0.1, 0.15) is 12.4 Å². The molecular weight excluding hydrogens is 418 g/mol. The molecule has 33 heavy (non-hydrogen) atoms. The number of aliphatic carboxylic acids is 1. The number of carboxylic acid groups (broad SMARTS) is 1. The lowest BCUT2D eigenvalue weighted by Gasteiger charge is -2.14. The molecule has 6 heteroatoms. The summed E-state index contributed by atoms with van der Waals surface area (Å²) in [6.45, 7) is 5.29. The summed E-state index contributed by atoms with van der Waals surface area (Å²) in [5.74, 6) is 1.06. The van der Waals surface area contributed by atoms with Gasteiger partial charge in [-0.05, 0) is 61.4 Å². The van der Waals surface area contributed by atoms with E-state index >= 15 is 0 Å². The highest BCUT2D eigenvalue weighted by atomic mass is 16.5. The number of fused-ring (bicyclic) bond motifs is 1. The molecule has 0 bridgehead atoms. The number of aromatic nitrogens is 1. The zero-order valence-corrected chi connectivity index (χ0v) is 18.8. The van der Waals surface area contributed by atoms with Crippen molar-refractivity contribution in [3.63, 3.8) is 0 Å². The van der Waals surface area contributed by atoms with Crippen LogP contribution >= 0.6 is 0 Å². The first-order valence-corrected chi connectivity index (χ1v) is 11.0. The summed E-state index contributed by atoms with van der Waals surface area (Å²) in [7, 11) is 0. The Hall–Kier alpha value is -3.93. The van der Waals surface area contributed by atoms with Crippen molar-refractivity contribution in [2.24, 2.45) is 0 Å². The number of benzene rings is 3. The smallest absolute Gasteiger partial charge is 0.307 e. The monoisotopic (exact) mass is 445 g/mol. The van der Waals surface area contributed by atoms with Crippen LogP contribution in [0.1, 0.15) is 25.0 Å². The maximum atomic E-state index is 11.7. The number of ether oxygens (including phenoxy) is 3. The Kier molecular flexibility index (Phi) is 6.83. The number of nitrogens with one attached hydrogen (secondary N) is 1. The summed E-state index contributed by atoms with van der Waals surface area (Å²) >= 11 is 0. The van der Waals surface area contributed by atoms with E-state index in [-0.39, 0.29) is 6.42 Å². The van der Waals surface area contributed by atoms with E-state index in [4.69, 9.17) is 14.2 Å². The Balaban J connectivity index is 1.73. The van der Waals surface area contributed by atoms with Crippen molar-refractivity contribution in [2.75, 3.05) is 13.2 Å². The topological polar surface area (TPSA) is 80.8 Å². The SMILES string of the molecule is CCOc1ccc2[nH]c(-c3ccc(OCc4ccccc4)c(OCC)c3)c(CC(=O)O)c2c1. The molecule has 4 aromatic rings. The van der Waals surface area contributed by atoms with Gasteiger partial charge in [-0.3, -0.25) is 4.79 Å². The molecule has 0 amide bonds. The predicted molar refractivity (Wildman–Crippen MR) is 128 cm³/mol. The van der Waals surface area contributed by atoms with E-state index in [1.165, 1.54) is 0 Å². The predicted octanol–water partition coefficient (Wildman–Crippen LogP) is 5.84. The molecule has 0 atom stereocenters. The molecule has 3 aromatic carbocycles. The summed E-state index contributed by atoms with van der Waals surface area (Å²) in [4.78, 5) is 15.0. The molecule has 0 fully saturated rings. The van der Waals surface area contributed by atoms with Gasteiger partial charge in [-0.15, -0.1) is 0 Å². The van der Waals surface area contributed by atoms with E-state index in [0.29, 0.717) is 42.6 Å². The molecular formula is C27H27NO5. The van der Waals surface area contributed by atoms with Crippen molar-refractivity contribution in [1.82, 2.24) is 4.98 Å². The van der Waals surface area contributed by atoms with E-state index in [1.54, 1.807) is 0 Å². The minimum absolute atomic E-state index is 0.110. The standard InChI is InChI=1S/C27H27NO5/c1-3-31-20-11-12-23-21(15-20)22(16-26(29)30)27(28-23)19-10-13-24(25(14-19)32-4-2)33-17-18-8-6-5-7-9-18/h5-15,28H,3-4,16-17H2,1-2H3,(H,29,30). The fourth-order valence-electron chi connectivity index (χ4n) is 3.85. The Morgan fingerprint density at radius 1 is 0.879 bits per heavy atom. The third-order valence-electron chi connectivity index (χ3n) is 5.29. The normalized spacial score (nSPS) is 10.8. The first kappa shape index (κ1) is 22.3. The molecule has 2 N–H and O–H groups in total. The minimum Gasteiger partial charge on any atom is -0.494 e. The maximum Gasteiger partial charge on any atom is 0.307 e. The number of rotatable bonds is 10. The average Bonchev–Trinajstić information content (AvgIpc) is 3.16. The van der Waals surface area contributed by atoms with Gasteiger partial charge in [0.05, 0.1) is 25.3 Å². The third kappa shape index (κ3) is 5.12. The van der Waals surface area contributed by atoms with Crippen LogP contribution in [0.4, 0.5) is 0 Å². The fraction of sp³-hybridized carbons (Fsp3) is 0.222. The van der Waals surface area contributed by atoms with Crippen molar-refractivity contribution in [3.8, 4) is 28.5 Å². The molecule has 0 saturated heterocycles. The second-order valence-corrected chi connectivity index (χ2v) is 7.56. The second-order valence-electron chi connectivity index (χ2n) is 7.56. The molecule has 4 rings (SSSR count). The van der Waals surface area contributed by atoms with E-state index in [9.17, 15) is 9.90 Å². The van der Waals surface area contributed by atoms with Crippen molar-refractivity contribution in [2.45, 2.75) is 26.9 Å². The molecule has 170 valence electrons. The summed E-state index contributed by atoms with van der Waals surface area (Å²) < 4.78 is 17.5. The number of carbonyl (C=O) groups is 1. The molecule has 1 aromatic heterocycles. The van der Waals surface area contributed by atoms with Crippen LogP contribution in [-0.4, -0.2) is 29.3 Å². The number of aromatic amines is 1. The molecule has 0 unspecified atom stereocenters. The average molecular weight is 446 g/mol. The van der Waals surface area contributed by atoms with Crippen LogP contribution in [0.5, 0.6) is 17.2 Å². The van der Waals surface area contributed by atoms with Gasteiger partial charge in [0.25, 0.3) is 0 Å². The molecule has 0 aliphatic rings. The van der Waals surface area contributed by atoms with Crippen LogP contribution in [0.15, 0.2) is 66.7 Å². The lowest BCUT2D eigenvalue weighted by Crippen LogP contribution is -2.02. The van der Waals surface area contributed by atoms with Crippen LogP contribution < -0.4 is 14.2 Å². The molecule has 1 heterocycles. The van der Waals surface area contributed by atoms with Crippen molar-refractivity contribution in [3.05, 3.63) is 77.9 Å². The van der Waals surface area contributed by atoms with E-state index in [0.717, 1.165) is 27.7 Å². The zero-order chi connectivity index (χ0) is 23.2. The highest BCUT2D eigenvalue weighted by Crippen LogP contribution is 2.37. The number of carboxylic acids is 1. The van der Waals surface area contributed by atoms with Gasteiger partial charge in [-0.25, -0.2) is 0 Å². The van der Waals surface area contributed by atoms with Gasteiger partial charge >= 0.3 is 5.97 Å². The summed E-state index contributed by atoms with van der Waals surface area (Å²) in [5, 5.41) is 10.4. The lowest BCUT2D eigenvalue weighted by molar-refractivity contribution is -0.136.